The van der Waals surface area contributed by atoms with Crippen LogP contribution in [0.25, 0.3) is 16.6 Å². The van der Waals surface area contributed by atoms with E-state index < -0.39 is 54.7 Å². The van der Waals surface area contributed by atoms with Gasteiger partial charge in [0.15, 0.2) is 6.10 Å². The monoisotopic (exact) mass is 512 g/mol. The lowest BCUT2D eigenvalue weighted by Crippen LogP contribution is -2.55. The summed E-state index contributed by atoms with van der Waals surface area (Å²) in [5, 5.41) is 0.787. The predicted molar refractivity (Wildman–Crippen MR) is 119 cm³/mol. The Balaban J connectivity index is 0.00000289. The number of halogens is 6. The maximum absolute atomic E-state index is 14.7. The van der Waals surface area contributed by atoms with E-state index in [9.17, 15) is 26.7 Å². The molecule has 0 aliphatic carbocycles. The number of benzene rings is 1. The topological polar surface area (TPSA) is 59.7 Å². The highest BCUT2D eigenvalue weighted by atomic mass is 35.5. The third-order valence-corrected chi connectivity index (χ3v) is 5.78. The Morgan fingerprint density at radius 2 is 1.86 bits per heavy atom. The van der Waals surface area contributed by atoms with Gasteiger partial charge in [0.1, 0.15) is 5.65 Å². The molecule has 0 unspecified atom stereocenters. The smallest absolute Gasteiger partial charge is 0.417 e. The third kappa shape index (κ3) is 4.60. The fraction of sp³-hybridized carbons (Fsp3) is 0.261. The molecule has 0 radical (unpaired) electrons. The van der Waals surface area contributed by atoms with Crippen LogP contribution in [0, 0.1) is 0 Å². The minimum Gasteiger partial charge on any atom is -0.466 e. The highest BCUT2D eigenvalue weighted by Gasteiger charge is 2.48. The zero-order valence-corrected chi connectivity index (χ0v) is 18.7. The second-order valence-electron chi connectivity index (χ2n) is 7.97. The van der Waals surface area contributed by atoms with Crippen LogP contribution in [-0.4, -0.2) is 50.3 Å². The normalized spacial score (nSPS) is 17.9. The molecular weight excluding hydrogens is 495 g/mol. The number of carbonyl (C=O) groups excluding carboxylic acids is 1. The number of rotatable bonds is 3. The molecule has 4 aromatic rings. The van der Waals surface area contributed by atoms with Gasteiger partial charge in [-0.05, 0) is 18.2 Å². The maximum Gasteiger partial charge on any atom is 0.417 e. The lowest BCUT2D eigenvalue weighted by Gasteiger charge is -2.38. The Morgan fingerprint density at radius 3 is 2.63 bits per heavy atom. The molecule has 1 atom stereocenters. The summed E-state index contributed by atoms with van der Waals surface area (Å²) >= 11 is 0. The molecule has 1 saturated heterocycles. The molecule has 3 aromatic heterocycles. The van der Waals surface area contributed by atoms with E-state index >= 15 is 0 Å². The second-order valence-corrected chi connectivity index (χ2v) is 7.97. The quantitative estimate of drug-likeness (QED) is 0.352. The van der Waals surface area contributed by atoms with E-state index in [4.69, 9.17) is 4.74 Å². The van der Waals surface area contributed by atoms with Gasteiger partial charge in [-0.2, -0.15) is 13.2 Å². The van der Waals surface area contributed by atoms with Crippen molar-refractivity contribution < 1.29 is 31.5 Å². The number of nitrogens with zero attached hydrogens (tertiary/aromatic N) is 4. The summed E-state index contributed by atoms with van der Waals surface area (Å²) in [5.41, 5.74) is -1.53. The minimum absolute atomic E-state index is 0. The zero-order valence-electron chi connectivity index (χ0n) is 17.9. The number of para-hydroxylation sites is 1. The van der Waals surface area contributed by atoms with Crippen LogP contribution in [0.15, 0.2) is 61.1 Å². The number of likely N-dealkylation sites (tertiary alicyclic amines) is 1. The number of fused-ring (bicyclic) bond motifs is 2. The second kappa shape index (κ2) is 8.95. The minimum atomic E-state index is -4.83. The van der Waals surface area contributed by atoms with Crippen LogP contribution in [0.1, 0.15) is 22.3 Å². The lowest BCUT2D eigenvalue weighted by atomic mass is 10.0. The fourth-order valence-corrected chi connectivity index (χ4v) is 4.03. The van der Waals surface area contributed by atoms with Crippen LogP contribution >= 0.6 is 12.4 Å². The molecule has 1 aliphatic heterocycles. The summed E-state index contributed by atoms with van der Waals surface area (Å²) in [6.45, 7) is -1.05. The van der Waals surface area contributed by atoms with Gasteiger partial charge in [-0.25, -0.2) is 18.7 Å². The Hall–Kier alpha value is -3.47. The van der Waals surface area contributed by atoms with E-state index in [-0.39, 0.29) is 23.9 Å². The summed E-state index contributed by atoms with van der Waals surface area (Å²) in [6.07, 6.45) is -3.59. The van der Waals surface area contributed by atoms with Crippen LogP contribution in [0.2, 0.25) is 0 Å². The first-order valence-electron chi connectivity index (χ1n) is 10.4. The maximum atomic E-state index is 14.7. The van der Waals surface area contributed by atoms with Gasteiger partial charge in [-0.15, -0.1) is 12.4 Å². The summed E-state index contributed by atoms with van der Waals surface area (Å²) < 4.78 is 77.1. The standard InChI is InChI=1S/C23H17F5N4O2.ClH/c24-22(25)8-11-32(13-17(22)34-18-6-5-14-3-1-2-4-16(14)30-18)21(33)19-15(23(26,27)28)7-10-31-12-9-29-20(19)31;/h1-7,9-10,12,17H,8,11,13H2;1H/t17-;/m0./s1. The van der Waals surface area contributed by atoms with Gasteiger partial charge in [-0.1, -0.05) is 18.2 Å². The molecular formula is C23H18ClF5N4O2. The van der Waals surface area contributed by atoms with Gasteiger partial charge in [0.25, 0.3) is 11.8 Å². The van der Waals surface area contributed by atoms with Crippen molar-refractivity contribution in [1.29, 1.82) is 0 Å². The average molecular weight is 513 g/mol. The van der Waals surface area contributed by atoms with Crippen LogP contribution in [0.4, 0.5) is 22.0 Å². The molecule has 1 aromatic carbocycles. The van der Waals surface area contributed by atoms with E-state index in [2.05, 4.69) is 9.97 Å². The molecule has 184 valence electrons. The highest BCUT2D eigenvalue weighted by molar-refractivity contribution is 6.01. The number of hydrogen-bond acceptors (Lipinski definition) is 4. The predicted octanol–water partition coefficient (Wildman–Crippen LogP) is 5.25. The summed E-state index contributed by atoms with van der Waals surface area (Å²) in [6, 6.07) is 10.9. The lowest BCUT2D eigenvalue weighted by molar-refractivity contribution is -0.139. The van der Waals surface area contributed by atoms with Crippen molar-refractivity contribution >= 4 is 34.9 Å². The number of pyridine rings is 2. The number of piperidine rings is 1. The van der Waals surface area contributed by atoms with Gasteiger partial charge in [0.2, 0.25) is 5.88 Å². The molecule has 35 heavy (non-hydrogen) atoms. The largest absolute Gasteiger partial charge is 0.466 e. The van der Waals surface area contributed by atoms with Crippen LogP contribution in [0.5, 0.6) is 5.88 Å². The van der Waals surface area contributed by atoms with Crippen molar-refractivity contribution in [3.05, 3.63) is 72.2 Å². The van der Waals surface area contributed by atoms with E-state index in [0.29, 0.717) is 5.52 Å². The van der Waals surface area contributed by atoms with Gasteiger partial charge in [-0.3, -0.25) is 4.79 Å². The van der Waals surface area contributed by atoms with E-state index in [0.717, 1.165) is 22.5 Å². The van der Waals surface area contributed by atoms with E-state index in [1.165, 1.54) is 22.9 Å². The van der Waals surface area contributed by atoms with E-state index in [1.54, 1.807) is 30.3 Å². The third-order valence-electron chi connectivity index (χ3n) is 5.78. The molecule has 0 bridgehead atoms. The van der Waals surface area contributed by atoms with Crippen LogP contribution < -0.4 is 4.74 Å². The van der Waals surface area contributed by atoms with Gasteiger partial charge in [0.05, 0.1) is 23.2 Å². The first-order valence-corrected chi connectivity index (χ1v) is 10.4. The number of aromatic nitrogens is 3. The molecule has 4 heterocycles. The van der Waals surface area contributed by atoms with Crippen LogP contribution in [-0.2, 0) is 6.18 Å². The molecule has 0 spiro atoms. The number of imidazole rings is 1. The molecule has 6 nitrogen and oxygen atoms in total. The van der Waals surface area contributed by atoms with E-state index in [1.807, 2.05) is 0 Å². The van der Waals surface area contributed by atoms with Crippen molar-refractivity contribution in [2.24, 2.45) is 0 Å². The van der Waals surface area contributed by atoms with Crippen molar-refractivity contribution in [1.82, 2.24) is 19.3 Å². The zero-order chi connectivity index (χ0) is 24.1. The molecule has 5 rings (SSSR count). The number of ether oxygens (including phenoxy) is 1. The van der Waals surface area contributed by atoms with Gasteiger partial charge in [0, 0.05) is 43.0 Å². The Bertz CT molecular complexity index is 1390. The van der Waals surface area contributed by atoms with Crippen LogP contribution in [0.3, 0.4) is 0 Å². The molecule has 1 amide bonds. The van der Waals surface area contributed by atoms with Crippen molar-refractivity contribution in [3.63, 3.8) is 0 Å². The average Bonchev–Trinajstić information content (AvgIpc) is 3.27. The summed E-state index contributed by atoms with van der Waals surface area (Å²) in [7, 11) is 0. The first-order chi connectivity index (χ1) is 16.1. The van der Waals surface area contributed by atoms with Crippen molar-refractivity contribution in [2.45, 2.75) is 24.6 Å². The number of amides is 1. The SMILES string of the molecule is Cl.O=C(c1c(C(F)(F)F)ccn2ccnc12)N1CCC(F)(F)[C@@H](Oc2ccc3ccccc3n2)C1. The number of carbonyl (C=O) groups is 1. The molecule has 1 aliphatic rings. The number of alkyl halides is 5. The molecule has 0 saturated carbocycles. The Kier molecular flexibility index (Phi) is 6.31. The fourth-order valence-electron chi connectivity index (χ4n) is 4.03. The molecule has 1 fully saturated rings. The summed E-state index contributed by atoms with van der Waals surface area (Å²) in [5.74, 6) is -4.42. The van der Waals surface area contributed by atoms with Crippen molar-refractivity contribution in [2.75, 3.05) is 13.1 Å². The first kappa shape index (κ1) is 24.6. The van der Waals surface area contributed by atoms with Crippen molar-refractivity contribution in [3.8, 4) is 5.88 Å². The molecule has 12 heteroatoms. The highest BCUT2D eigenvalue weighted by Crippen LogP contribution is 2.36. The van der Waals surface area contributed by atoms with Gasteiger partial charge < -0.3 is 14.0 Å². The summed E-state index contributed by atoms with van der Waals surface area (Å²) in [4.78, 5) is 22.3. The molecule has 0 N–H and O–H groups in total. The van der Waals surface area contributed by atoms with Gasteiger partial charge >= 0.3 is 6.18 Å². The Morgan fingerprint density at radius 1 is 1.09 bits per heavy atom. The Labute approximate surface area is 201 Å². The number of hydrogen-bond donors (Lipinski definition) is 0.